The van der Waals surface area contributed by atoms with E-state index in [9.17, 15) is 5.11 Å². The quantitative estimate of drug-likeness (QED) is 0.738. The predicted molar refractivity (Wildman–Crippen MR) is 72.3 cm³/mol. The second kappa shape index (κ2) is 6.09. The average molecular weight is 232 g/mol. The van der Waals surface area contributed by atoms with Crippen molar-refractivity contribution in [1.29, 1.82) is 0 Å². The molecule has 0 heterocycles. The highest BCUT2D eigenvalue weighted by Gasteiger charge is 2.19. The van der Waals surface area contributed by atoms with Crippen LogP contribution >= 0.6 is 0 Å². The van der Waals surface area contributed by atoms with E-state index in [0.717, 1.165) is 11.8 Å². The van der Waals surface area contributed by atoms with Crippen molar-refractivity contribution in [2.45, 2.75) is 57.8 Å². The van der Waals surface area contributed by atoms with Crippen LogP contribution in [0.1, 0.15) is 63.4 Å². The molecule has 2 atom stereocenters. The van der Waals surface area contributed by atoms with E-state index in [2.05, 4.69) is 19.1 Å². The number of phenolic OH excluding ortho intramolecular Hbond substituents is 1. The number of phenols is 1. The summed E-state index contributed by atoms with van der Waals surface area (Å²) in [7, 11) is 0. The molecule has 94 valence electrons. The maximum absolute atomic E-state index is 9.32. The predicted octanol–water partition coefficient (Wildman–Crippen LogP) is 4.86. The number of hydrogen-bond acceptors (Lipinski definition) is 1. The highest BCUT2D eigenvalue weighted by Crippen LogP contribution is 2.35. The smallest absolute Gasteiger partial charge is 0.115 e. The molecule has 1 aromatic rings. The second-order valence-corrected chi connectivity index (χ2v) is 5.45. The minimum atomic E-state index is 0.381. The number of aromatic hydroxyl groups is 1. The summed E-state index contributed by atoms with van der Waals surface area (Å²) in [5.74, 6) is 2.06. The maximum atomic E-state index is 9.32. The van der Waals surface area contributed by atoms with Gasteiger partial charge in [-0.05, 0) is 48.8 Å². The summed E-state index contributed by atoms with van der Waals surface area (Å²) >= 11 is 0. The molecule has 1 fully saturated rings. The zero-order valence-corrected chi connectivity index (χ0v) is 10.9. The maximum Gasteiger partial charge on any atom is 0.115 e. The Kier molecular flexibility index (Phi) is 4.47. The van der Waals surface area contributed by atoms with E-state index in [1.54, 1.807) is 0 Å². The minimum Gasteiger partial charge on any atom is -0.508 e. The average Bonchev–Trinajstić information content (AvgIpc) is 2.56. The van der Waals surface area contributed by atoms with Gasteiger partial charge in [0.15, 0.2) is 0 Å². The molecule has 0 aromatic heterocycles. The molecule has 0 spiro atoms. The highest BCUT2D eigenvalue weighted by molar-refractivity contribution is 5.28. The molecule has 0 bridgehead atoms. The van der Waals surface area contributed by atoms with Crippen LogP contribution in [0.2, 0.25) is 0 Å². The first kappa shape index (κ1) is 12.5. The van der Waals surface area contributed by atoms with E-state index in [4.69, 9.17) is 0 Å². The first-order valence-corrected chi connectivity index (χ1v) is 7.08. The Balaban J connectivity index is 1.96. The van der Waals surface area contributed by atoms with Crippen molar-refractivity contribution in [3.05, 3.63) is 29.8 Å². The molecule has 1 saturated carbocycles. The minimum absolute atomic E-state index is 0.381. The lowest BCUT2D eigenvalue weighted by Crippen LogP contribution is -1.99. The van der Waals surface area contributed by atoms with Gasteiger partial charge in [-0.15, -0.1) is 0 Å². The van der Waals surface area contributed by atoms with Gasteiger partial charge in [-0.3, -0.25) is 0 Å². The van der Waals surface area contributed by atoms with Crippen molar-refractivity contribution in [1.82, 2.24) is 0 Å². The van der Waals surface area contributed by atoms with Gasteiger partial charge < -0.3 is 5.11 Å². The molecular formula is C16H24O. The van der Waals surface area contributed by atoms with Crippen LogP contribution in [0.15, 0.2) is 24.3 Å². The molecule has 0 saturated heterocycles. The Bertz CT molecular complexity index is 328. The SMILES string of the molecule is CCCC1CCCC(c2ccc(O)cc2)CC1. The Hall–Kier alpha value is -0.980. The number of benzene rings is 1. The van der Waals surface area contributed by atoms with Crippen LogP contribution in [0.5, 0.6) is 5.75 Å². The lowest BCUT2D eigenvalue weighted by Gasteiger charge is -2.15. The first-order valence-electron chi connectivity index (χ1n) is 7.08. The highest BCUT2D eigenvalue weighted by atomic mass is 16.3. The molecule has 2 unspecified atom stereocenters. The Morgan fingerprint density at radius 2 is 1.82 bits per heavy atom. The second-order valence-electron chi connectivity index (χ2n) is 5.45. The van der Waals surface area contributed by atoms with Gasteiger partial charge in [0, 0.05) is 0 Å². The van der Waals surface area contributed by atoms with Gasteiger partial charge >= 0.3 is 0 Å². The topological polar surface area (TPSA) is 20.2 Å². The van der Waals surface area contributed by atoms with Crippen LogP contribution in [0.25, 0.3) is 0 Å². The van der Waals surface area contributed by atoms with Crippen LogP contribution in [-0.4, -0.2) is 5.11 Å². The summed E-state index contributed by atoms with van der Waals surface area (Å²) in [5.41, 5.74) is 1.42. The third-order valence-corrected chi connectivity index (χ3v) is 4.15. The van der Waals surface area contributed by atoms with Crippen LogP contribution in [0.3, 0.4) is 0 Å². The van der Waals surface area contributed by atoms with Crippen LogP contribution in [-0.2, 0) is 0 Å². The fourth-order valence-corrected chi connectivity index (χ4v) is 3.16. The summed E-state index contributed by atoms with van der Waals surface area (Å²) < 4.78 is 0. The van der Waals surface area contributed by atoms with Crippen molar-refractivity contribution in [2.24, 2.45) is 5.92 Å². The van der Waals surface area contributed by atoms with E-state index in [-0.39, 0.29) is 0 Å². The van der Waals surface area contributed by atoms with Crippen molar-refractivity contribution in [3.63, 3.8) is 0 Å². The Labute approximate surface area is 105 Å². The lowest BCUT2D eigenvalue weighted by molar-refractivity contribution is 0.421. The Morgan fingerprint density at radius 3 is 2.53 bits per heavy atom. The summed E-state index contributed by atoms with van der Waals surface area (Å²) in [4.78, 5) is 0. The molecule has 1 aliphatic rings. The molecule has 17 heavy (non-hydrogen) atoms. The molecular weight excluding hydrogens is 208 g/mol. The van der Waals surface area contributed by atoms with E-state index < -0.39 is 0 Å². The van der Waals surface area contributed by atoms with Crippen molar-refractivity contribution in [3.8, 4) is 5.75 Å². The molecule has 1 heteroatoms. The lowest BCUT2D eigenvalue weighted by atomic mass is 9.90. The van der Waals surface area contributed by atoms with Gasteiger partial charge in [-0.25, -0.2) is 0 Å². The molecule has 0 radical (unpaired) electrons. The van der Waals surface area contributed by atoms with Gasteiger partial charge in [-0.1, -0.05) is 44.7 Å². The van der Waals surface area contributed by atoms with Crippen LogP contribution in [0.4, 0.5) is 0 Å². The molecule has 2 rings (SSSR count). The largest absolute Gasteiger partial charge is 0.508 e. The zero-order chi connectivity index (χ0) is 12.1. The normalized spacial score (nSPS) is 25.5. The summed E-state index contributed by atoms with van der Waals surface area (Å²) in [6, 6.07) is 7.84. The zero-order valence-electron chi connectivity index (χ0n) is 10.9. The molecule has 0 aliphatic heterocycles. The van der Waals surface area contributed by atoms with Crippen LogP contribution < -0.4 is 0 Å². The van der Waals surface area contributed by atoms with Crippen molar-refractivity contribution < 1.29 is 5.11 Å². The van der Waals surface area contributed by atoms with E-state index in [1.807, 2.05) is 12.1 Å². The molecule has 1 nitrogen and oxygen atoms in total. The van der Waals surface area contributed by atoms with Gasteiger partial charge in [0.25, 0.3) is 0 Å². The molecule has 1 aliphatic carbocycles. The number of hydrogen-bond donors (Lipinski definition) is 1. The van der Waals surface area contributed by atoms with Crippen molar-refractivity contribution >= 4 is 0 Å². The summed E-state index contributed by atoms with van der Waals surface area (Å²) in [5, 5.41) is 9.32. The van der Waals surface area contributed by atoms with E-state index >= 15 is 0 Å². The van der Waals surface area contributed by atoms with Crippen molar-refractivity contribution in [2.75, 3.05) is 0 Å². The monoisotopic (exact) mass is 232 g/mol. The molecule has 1 N–H and O–H groups in total. The first-order chi connectivity index (χ1) is 8.29. The Morgan fingerprint density at radius 1 is 1.06 bits per heavy atom. The third-order valence-electron chi connectivity index (χ3n) is 4.15. The summed E-state index contributed by atoms with van der Waals surface area (Å²) in [6.45, 7) is 2.29. The van der Waals surface area contributed by atoms with Gasteiger partial charge in [0.05, 0.1) is 0 Å². The van der Waals surface area contributed by atoms with Gasteiger partial charge in [-0.2, -0.15) is 0 Å². The van der Waals surface area contributed by atoms with Crippen LogP contribution in [0, 0.1) is 5.92 Å². The van der Waals surface area contributed by atoms with Gasteiger partial charge in [0.1, 0.15) is 5.75 Å². The molecule has 1 aromatic carbocycles. The standard InChI is InChI=1S/C16H24O/c1-2-4-13-5-3-6-14(8-7-13)15-9-11-16(17)12-10-15/h9-14,17H,2-8H2,1H3. The number of rotatable bonds is 3. The molecule has 0 amide bonds. The van der Waals surface area contributed by atoms with E-state index in [0.29, 0.717) is 5.75 Å². The van der Waals surface area contributed by atoms with Gasteiger partial charge in [0.2, 0.25) is 0 Å². The fraction of sp³-hybridized carbons (Fsp3) is 0.625. The third kappa shape index (κ3) is 3.49. The van der Waals surface area contributed by atoms with E-state index in [1.165, 1.54) is 50.5 Å². The summed E-state index contributed by atoms with van der Waals surface area (Å²) in [6.07, 6.45) is 9.56. The fourth-order valence-electron chi connectivity index (χ4n) is 3.16.